The van der Waals surface area contributed by atoms with Crippen molar-refractivity contribution in [1.82, 2.24) is 9.88 Å². The molecule has 0 saturated heterocycles. The van der Waals surface area contributed by atoms with Gasteiger partial charge in [0.2, 0.25) is 0 Å². The maximum Gasteiger partial charge on any atom is 0.261 e. The summed E-state index contributed by atoms with van der Waals surface area (Å²) in [5, 5.41) is 0. The number of carbonyl (C=O) groups excluding carboxylic acids is 1. The van der Waals surface area contributed by atoms with Crippen molar-refractivity contribution in [3.8, 4) is 0 Å². The van der Waals surface area contributed by atoms with Crippen molar-refractivity contribution in [2.24, 2.45) is 0 Å². The summed E-state index contributed by atoms with van der Waals surface area (Å²) in [6, 6.07) is 17.2. The molecule has 1 aliphatic rings. The maximum atomic E-state index is 13.1. The van der Waals surface area contributed by atoms with Crippen molar-refractivity contribution in [1.29, 1.82) is 0 Å². The highest BCUT2D eigenvalue weighted by Crippen LogP contribution is 2.25. The fourth-order valence-corrected chi connectivity index (χ4v) is 4.52. The van der Waals surface area contributed by atoms with Crippen LogP contribution in [0.15, 0.2) is 78.0 Å². The number of likely N-dealkylation sites (N-methyl/N-ethyl adjacent to an activating group) is 1. The Morgan fingerprint density at radius 3 is 2.40 bits per heavy atom. The predicted molar refractivity (Wildman–Crippen MR) is 116 cm³/mol. The van der Waals surface area contributed by atoms with E-state index in [0.717, 1.165) is 17.8 Å². The van der Waals surface area contributed by atoms with E-state index in [1.165, 1.54) is 24.5 Å². The molecule has 30 heavy (non-hydrogen) atoms. The molecule has 0 radical (unpaired) electrons. The zero-order chi connectivity index (χ0) is 21.1. The minimum absolute atomic E-state index is 0.0943. The first-order chi connectivity index (χ1) is 14.4. The van der Waals surface area contributed by atoms with E-state index in [2.05, 4.69) is 20.7 Å². The van der Waals surface area contributed by atoms with Gasteiger partial charge in [-0.15, -0.1) is 0 Å². The summed E-state index contributed by atoms with van der Waals surface area (Å²) in [5.41, 5.74) is 3.10. The number of fused-ring (bicyclic) bond motifs is 1. The molecule has 0 fully saturated rings. The van der Waals surface area contributed by atoms with Crippen LogP contribution in [0.1, 0.15) is 15.9 Å². The number of hydrogen-bond acceptors (Lipinski definition) is 5. The van der Waals surface area contributed by atoms with Gasteiger partial charge < -0.3 is 9.80 Å². The molecule has 2 aromatic carbocycles. The van der Waals surface area contributed by atoms with Crippen molar-refractivity contribution in [2.45, 2.75) is 11.4 Å². The Morgan fingerprint density at radius 1 is 0.967 bits per heavy atom. The normalized spacial score (nSPS) is 14.0. The van der Waals surface area contributed by atoms with Gasteiger partial charge in [0.25, 0.3) is 15.9 Å². The van der Waals surface area contributed by atoms with E-state index in [1.807, 2.05) is 25.2 Å². The molecule has 1 aromatic heterocycles. The number of carbonyl (C=O) groups is 1. The fraction of sp³-hybridized carbons (Fsp3) is 0.182. The molecule has 154 valence electrons. The third kappa shape index (κ3) is 4.13. The van der Waals surface area contributed by atoms with Crippen LogP contribution in [0.3, 0.4) is 0 Å². The lowest BCUT2D eigenvalue weighted by Gasteiger charge is -2.21. The van der Waals surface area contributed by atoms with Crippen LogP contribution < -0.4 is 9.62 Å². The van der Waals surface area contributed by atoms with Gasteiger partial charge in [0.1, 0.15) is 0 Å². The quantitative estimate of drug-likeness (QED) is 0.699. The summed E-state index contributed by atoms with van der Waals surface area (Å²) >= 11 is 0. The van der Waals surface area contributed by atoms with Crippen molar-refractivity contribution < 1.29 is 13.2 Å². The number of aromatic nitrogens is 1. The lowest BCUT2D eigenvalue weighted by atomic mass is 10.1. The molecular formula is C22H22N4O3S. The van der Waals surface area contributed by atoms with Crippen molar-refractivity contribution in [2.75, 3.05) is 29.8 Å². The van der Waals surface area contributed by atoms with Crippen LogP contribution in [0.25, 0.3) is 0 Å². The smallest absolute Gasteiger partial charge is 0.261 e. The molecule has 3 aromatic rings. The Balaban J connectivity index is 1.52. The number of para-hydroxylation sites is 1. The fourth-order valence-electron chi connectivity index (χ4n) is 3.46. The van der Waals surface area contributed by atoms with Gasteiger partial charge in [-0.2, -0.15) is 0 Å². The lowest BCUT2D eigenvalue weighted by molar-refractivity contribution is 0.0751. The van der Waals surface area contributed by atoms with E-state index >= 15 is 0 Å². The lowest BCUT2D eigenvalue weighted by Crippen LogP contribution is -2.34. The SMILES string of the molecule is CN1CCN(C(=O)c2ccc(S(=O)(=O)Nc3ccncc3)cc2)Cc2ccccc21. The van der Waals surface area contributed by atoms with Crippen LogP contribution in [-0.2, 0) is 16.6 Å². The first-order valence-electron chi connectivity index (χ1n) is 9.55. The summed E-state index contributed by atoms with van der Waals surface area (Å²) in [4.78, 5) is 21.0. The standard InChI is InChI=1S/C22H22N4O3S/c1-25-14-15-26(16-18-4-2-3-5-21(18)25)22(27)17-6-8-20(9-7-17)30(28,29)24-19-10-12-23-13-11-19/h2-13H,14-16H2,1H3,(H,23,24). The highest BCUT2D eigenvalue weighted by atomic mass is 32.2. The van der Waals surface area contributed by atoms with Crippen molar-refractivity contribution in [3.05, 3.63) is 84.2 Å². The van der Waals surface area contributed by atoms with E-state index in [0.29, 0.717) is 24.3 Å². The van der Waals surface area contributed by atoms with Gasteiger partial charge in [0, 0.05) is 50.3 Å². The number of amides is 1. The molecule has 8 heteroatoms. The number of nitrogens with one attached hydrogen (secondary N) is 1. The van der Waals surface area contributed by atoms with Crippen molar-refractivity contribution >= 4 is 27.3 Å². The van der Waals surface area contributed by atoms with Gasteiger partial charge in [-0.05, 0) is 48.0 Å². The second-order valence-electron chi connectivity index (χ2n) is 7.14. The van der Waals surface area contributed by atoms with Gasteiger partial charge in [0.05, 0.1) is 10.6 Å². The average molecular weight is 423 g/mol. The second kappa shape index (κ2) is 8.16. The molecular weight excluding hydrogens is 400 g/mol. The zero-order valence-electron chi connectivity index (χ0n) is 16.5. The number of pyridine rings is 1. The summed E-state index contributed by atoms with van der Waals surface area (Å²) in [5.74, 6) is -0.119. The van der Waals surface area contributed by atoms with E-state index in [4.69, 9.17) is 0 Å². The van der Waals surface area contributed by atoms with E-state index in [-0.39, 0.29) is 10.8 Å². The number of rotatable bonds is 4. The summed E-state index contributed by atoms with van der Waals surface area (Å²) in [6.45, 7) is 1.84. The second-order valence-corrected chi connectivity index (χ2v) is 8.83. The Bertz CT molecular complexity index is 1150. The van der Waals surface area contributed by atoms with E-state index < -0.39 is 10.0 Å². The maximum absolute atomic E-state index is 13.1. The topological polar surface area (TPSA) is 82.6 Å². The molecule has 0 spiro atoms. The minimum atomic E-state index is -3.74. The highest BCUT2D eigenvalue weighted by molar-refractivity contribution is 7.92. The Hall–Kier alpha value is -3.39. The van der Waals surface area contributed by atoms with Gasteiger partial charge in [-0.25, -0.2) is 8.42 Å². The summed E-state index contributed by atoms with van der Waals surface area (Å²) < 4.78 is 27.6. The highest BCUT2D eigenvalue weighted by Gasteiger charge is 2.23. The molecule has 7 nitrogen and oxygen atoms in total. The summed E-state index contributed by atoms with van der Waals surface area (Å²) in [7, 11) is -1.73. The van der Waals surface area contributed by atoms with Gasteiger partial charge >= 0.3 is 0 Å². The third-order valence-electron chi connectivity index (χ3n) is 5.10. The van der Waals surface area contributed by atoms with Crippen LogP contribution in [0, 0.1) is 0 Å². The molecule has 0 unspecified atom stereocenters. The van der Waals surface area contributed by atoms with Gasteiger partial charge in [-0.3, -0.25) is 14.5 Å². The molecule has 2 heterocycles. The Kier molecular flexibility index (Phi) is 5.41. The van der Waals surface area contributed by atoms with Gasteiger partial charge in [0.15, 0.2) is 0 Å². The number of sulfonamides is 1. The number of hydrogen-bond donors (Lipinski definition) is 1. The molecule has 1 aliphatic heterocycles. The molecule has 0 aliphatic carbocycles. The monoisotopic (exact) mass is 422 g/mol. The summed E-state index contributed by atoms with van der Waals surface area (Å²) in [6.07, 6.45) is 3.02. The van der Waals surface area contributed by atoms with Crippen LogP contribution in [0.4, 0.5) is 11.4 Å². The first-order valence-corrected chi connectivity index (χ1v) is 11.0. The molecule has 1 N–H and O–H groups in total. The average Bonchev–Trinajstić information content (AvgIpc) is 2.93. The van der Waals surface area contributed by atoms with Crippen LogP contribution >= 0.6 is 0 Å². The van der Waals surface area contributed by atoms with E-state index in [1.54, 1.807) is 29.2 Å². The molecule has 0 saturated carbocycles. The van der Waals surface area contributed by atoms with E-state index in [9.17, 15) is 13.2 Å². The Labute approximate surface area is 176 Å². The number of anilines is 2. The van der Waals surface area contributed by atoms with Crippen LogP contribution in [0.2, 0.25) is 0 Å². The number of nitrogens with zero attached hydrogens (tertiary/aromatic N) is 3. The number of benzene rings is 2. The third-order valence-corrected chi connectivity index (χ3v) is 6.50. The van der Waals surface area contributed by atoms with Gasteiger partial charge in [-0.1, -0.05) is 18.2 Å². The largest absolute Gasteiger partial charge is 0.373 e. The van der Waals surface area contributed by atoms with Crippen LogP contribution in [-0.4, -0.2) is 44.3 Å². The molecule has 1 amide bonds. The predicted octanol–water partition coefficient (Wildman–Crippen LogP) is 2.97. The molecule has 0 bridgehead atoms. The Morgan fingerprint density at radius 2 is 1.67 bits per heavy atom. The van der Waals surface area contributed by atoms with Crippen LogP contribution in [0.5, 0.6) is 0 Å². The molecule has 4 rings (SSSR count). The zero-order valence-corrected chi connectivity index (χ0v) is 17.3. The first kappa shape index (κ1) is 19.9. The molecule has 0 atom stereocenters. The minimum Gasteiger partial charge on any atom is -0.373 e. The van der Waals surface area contributed by atoms with Crippen molar-refractivity contribution in [3.63, 3.8) is 0 Å².